The highest BCUT2D eigenvalue weighted by Crippen LogP contribution is 2.27. The van der Waals surface area contributed by atoms with Crippen molar-refractivity contribution in [3.05, 3.63) is 33.8 Å². The smallest absolute Gasteiger partial charge is 0.0582 e. The van der Waals surface area contributed by atoms with Crippen molar-refractivity contribution < 1.29 is 9.84 Å². The van der Waals surface area contributed by atoms with Crippen LogP contribution >= 0.6 is 23.2 Å². The maximum absolute atomic E-state index is 10.1. The lowest BCUT2D eigenvalue weighted by atomic mass is 9.99. The van der Waals surface area contributed by atoms with Gasteiger partial charge in [-0.25, -0.2) is 0 Å². The first-order valence-corrected chi connectivity index (χ1v) is 7.65. The molecule has 1 saturated heterocycles. The molecule has 1 aliphatic rings. The van der Waals surface area contributed by atoms with Gasteiger partial charge in [-0.05, 0) is 49.8 Å². The molecule has 106 valence electrons. The lowest BCUT2D eigenvalue weighted by Crippen LogP contribution is -2.22. The minimum atomic E-state index is -0.414. The predicted molar refractivity (Wildman–Crippen MR) is 79.0 cm³/mol. The molecule has 4 heteroatoms. The topological polar surface area (TPSA) is 29.5 Å². The van der Waals surface area contributed by atoms with E-state index in [2.05, 4.69) is 0 Å². The van der Waals surface area contributed by atoms with E-state index in [-0.39, 0.29) is 0 Å². The molecule has 2 unspecified atom stereocenters. The minimum Gasteiger partial charge on any atom is -0.393 e. The quantitative estimate of drug-likeness (QED) is 0.881. The van der Waals surface area contributed by atoms with Crippen molar-refractivity contribution in [3.8, 4) is 0 Å². The molecule has 0 spiro atoms. The molecule has 1 aliphatic heterocycles. The summed E-state index contributed by atoms with van der Waals surface area (Å²) >= 11 is 12.2. The fraction of sp³-hybridized carbons (Fsp3) is 0.600. The predicted octanol–water partition coefficient (Wildman–Crippen LogP) is 4.25. The molecule has 0 saturated carbocycles. The third-order valence-corrected chi connectivity index (χ3v) is 4.31. The first-order chi connectivity index (χ1) is 9.16. The molecule has 2 rings (SSSR count). The molecule has 0 radical (unpaired) electrons. The van der Waals surface area contributed by atoms with Crippen molar-refractivity contribution in [2.24, 2.45) is 0 Å². The van der Waals surface area contributed by atoms with E-state index >= 15 is 0 Å². The number of hydrogen-bond donors (Lipinski definition) is 1. The van der Waals surface area contributed by atoms with Crippen molar-refractivity contribution in [2.45, 2.75) is 50.7 Å². The van der Waals surface area contributed by atoms with Gasteiger partial charge in [0.1, 0.15) is 0 Å². The molecule has 1 aromatic carbocycles. The third-order valence-electron chi connectivity index (χ3n) is 3.60. The second-order valence-corrected chi connectivity index (χ2v) is 5.94. The molecule has 0 amide bonds. The van der Waals surface area contributed by atoms with E-state index in [0.717, 1.165) is 37.9 Å². The van der Waals surface area contributed by atoms with Gasteiger partial charge in [0.15, 0.2) is 0 Å². The molecule has 1 N–H and O–H groups in total. The highest BCUT2D eigenvalue weighted by molar-refractivity contribution is 6.35. The van der Waals surface area contributed by atoms with Crippen LogP contribution in [0.25, 0.3) is 0 Å². The number of rotatable bonds is 5. The van der Waals surface area contributed by atoms with Gasteiger partial charge in [-0.2, -0.15) is 0 Å². The fourth-order valence-corrected chi connectivity index (χ4v) is 3.03. The summed E-state index contributed by atoms with van der Waals surface area (Å²) in [4.78, 5) is 0. The Balaban J connectivity index is 1.82. The molecule has 0 aliphatic carbocycles. The average Bonchev–Trinajstić information content (AvgIpc) is 2.42. The summed E-state index contributed by atoms with van der Waals surface area (Å²) in [7, 11) is 0. The summed E-state index contributed by atoms with van der Waals surface area (Å²) in [6.45, 7) is 0.858. The number of aliphatic hydroxyl groups is 1. The minimum absolute atomic E-state index is 0.310. The zero-order valence-corrected chi connectivity index (χ0v) is 12.5. The van der Waals surface area contributed by atoms with Crippen LogP contribution in [-0.2, 0) is 11.2 Å². The third kappa shape index (κ3) is 4.64. The maximum Gasteiger partial charge on any atom is 0.0582 e. The Kier molecular flexibility index (Phi) is 5.96. The lowest BCUT2D eigenvalue weighted by molar-refractivity contribution is 0.00234. The molecule has 2 nitrogen and oxygen atoms in total. The zero-order chi connectivity index (χ0) is 13.7. The van der Waals surface area contributed by atoms with E-state index in [0.29, 0.717) is 22.6 Å². The summed E-state index contributed by atoms with van der Waals surface area (Å²) < 4.78 is 5.66. The number of benzene rings is 1. The van der Waals surface area contributed by atoms with E-state index in [1.807, 2.05) is 6.07 Å². The van der Waals surface area contributed by atoms with Gasteiger partial charge in [-0.1, -0.05) is 29.3 Å². The molecule has 0 aromatic heterocycles. The molecular formula is C15H20Cl2O2. The highest BCUT2D eigenvalue weighted by atomic mass is 35.5. The molecule has 19 heavy (non-hydrogen) atoms. The number of halogens is 2. The SMILES string of the molecule is OC(CCC1CCCCO1)Cc1c(Cl)cccc1Cl. The van der Waals surface area contributed by atoms with Crippen molar-refractivity contribution >= 4 is 23.2 Å². The maximum atomic E-state index is 10.1. The Bertz CT molecular complexity index is 383. The first kappa shape index (κ1) is 15.1. The van der Waals surface area contributed by atoms with Gasteiger partial charge >= 0.3 is 0 Å². The largest absolute Gasteiger partial charge is 0.393 e. The van der Waals surface area contributed by atoms with Crippen LogP contribution in [-0.4, -0.2) is 23.9 Å². The number of hydrogen-bond acceptors (Lipinski definition) is 2. The first-order valence-electron chi connectivity index (χ1n) is 6.89. The zero-order valence-electron chi connectivity index (χ0n) is 10.9. The molecule has 0 bridgehead atoms. The van der Waals surface area contributed by atoms with E-state index in [1.165, 1.54) is 6.42 Å². The molecular weight excluding hydrogens is 283 g/mol. The molecule has 1 aromatic rings. The van der Waals surface area contributed by atoms with Crippen molar-refractivity contribution in [1.29, 1.82) is 0 Å². The summed E-state index contributed by atoms with van der Waals surface area (Å²) in [5.74, 6) is 0. The van der Waals surface area contributed by atoms with Gasteiger partial charge in [0.2, 0.25) is 0 Å². The normalized spacial score (nSPS) is 21.3. The summed E-state index contributed by atoms with van der Waals surface area (Å²) in [6.07, 6.45) is 5.54. The summed E-state index contributed by atoms with van der Waals surface area (Å²) in [5, 5.41) is 11.4. The second kappa shape index (κ2) is 7.49. The Morgan fingerprint density at radius 3 is 2.63 bits per heavy atom. The van der Waals surface area contributed by atoms with Gasteiger partial charge in [0, 0.05) is 23.1 Å². The van der Waals surface area contributed by atoms with Gasteiger partial charge in [-0.15, -0.1) is 0 Å². The Morgan fingerprint density at radius 2 is 2.00 bits per heavy atom. The van der Waals surface area contributed by atoms with Crippen LogP contribution in [0.2, 0.25) is 10.0 Å². The Labute approximate surface area is 124 Å². The second-order valence-electron chi connectivity index (χ2n) is 5.12. The van der Waals surface area contributed by atoms with Gasteiger partial charge < -0.3 is 9.84 Å². The lowest BCUT2D eigenvalue weighted by Gasteiger charge is -2.23. The van der Waals surface area contributed by atoms with Crippen LogP contribution < -0.4 is 0 Å². The molecule has 1 heterocycles. The van der Waals surface area contributed by atoms with Crippen molar-refractivity contribution in [2.75, 3.05) is 6.61 Å². The van der Waals surface area contributed by atoms with Crippen LogP contribution in [0.15, 0.2) is 18.2 Å². The highest BCUT2D eigenvalue weighted by Gasteiger charge is 2.17. The van der Waals surface area contributed by atoms with E-state index in [9.17, 15) is 5.11 Å². The number of ether oxygens (including phenoxy) is 1. The monoisotopic (exact) mass is 302 g/mol. The van der Waals surface area contributed by atoms with Crippen molar-refractivity contribution in [3.63, 3.8) is 0 Å². The van der Waals surface area contributed by atoms with Gasteiger partial charge in [0.25, 0.3) is 0 Å². The Hall–Kier alpha value is -0.280. The van der Waals surface area contributed by atoms with Gasteiger partial charge in [0.05, 0.1) is 12.2 Å². The van der Waals surface area contributed by atoms with Crippen LogP contribution in [0, 0.1) is 0 Å². The van der Waals surface area contributed by atoms with Crippen LogP contribution in [0.3, 0.4) is 0 Å². The van der Waals surface area contributed by atoms with Crippen molar-refractivity contribution in [1.82, 2.24) is 0 Å². The number of aliphatic hydroxyl groups excluding tert-OH is 1. The van der Waals surface area contributed by atoms with E-state index in [4.69, 9.17) is 27.9 Å². The fourth-order valence-electron chi connectivity index (χ4n) is 2.48. The molecule has 2 atom stereocenters. The van der Waals surface area contributed by atoms with E-state index < -0.39 is 6.10 Å². The Morgan fingerprint density at radius 1 is 1.26 bits per heavy atom. The summed E-state index contributed by atoms with van der Waals surface area (Å²) in [6, 6.07) is 5.43. The van der Waals surface area contributed by atoms with Crippen LogP contribution in [0.4, 0.5) is 0 Å². The van der Waals surface area contributed by atoms with Crippen LogP contribution in [0.1, 0.15) is 37.7 Å². The van der Waals surface area contributed by atoms with E-state index in [1.54, 1.807) is 12.1 Å². The summed E-state index contributed by atoms with van der Waals surface area (Å²) in [5.41, 5.74) is 0.836. The standard InChI is InChI=1S/C15H20Cl2O2/c16-14-5-3-6-15(17)13(14)10-11(18)7-8-12-4-1-2-9-19-12/h3,5-6,11-12,18H,1-2,4,7-10H2. The average molecular weight is 303 g/mol. The molecule has 1 fully saturated rings. The van der Waals surface area contributed by atoms with Gasteiger partial charge in [-0.3, -0.25) is 0 Å². The van der Waals surface area contributed by atoms with Crippen LogP contribution in [0.5, 0.6) is 0 Å².